The second kappa shape index (κ2) is 5.84. The van der Waals surface area contributed by atoms with Crippen LogP contribution in [0.2, 0.25) is 0 Å². The lowest BCUT2D eigenvalue weighted by molar-refractivity contribution is 0.0395. The van der Waals surface area contributed by atoms with E-state index in [9.17, 15) is 9.90 Å². The third kappa shape index (κ3) is 3.45. The number of carbonyl (C=O) groups excluding carboxylic acids is 1. The smallest absolute Gasteiger partial charge is 0.410 e. The van der Waals surface area contributed by atoms with Crippen molar-refractivity contribution in [2.75, 3.05) is 13.1 Å². The van der Waals surface area contributed by atoms with E-state index in [1.807, 2.05) is 30.3 Å². The fourth-order valence-electron chi connectivity index (χ4n) is 2.07. The highest BCUT2D eigenvalue weighted by atomic mass is 16.6. The lowest BCUT2D eigenvalue weighted by atomic mass is 10.0. The highest BCUT2D eigenvalue weighted by molar-refractivity contribution is 5.67. The van der Waals surface area contributed by atoms with Crippen molar-refractivity contribution in [3.8, 4) is 0 Å². The molecule has 3 N–H and O–H groups in total. The molecule has 0 unspecified atom stereocenters. The lowest BCUT2D eigenvalue weighted by Gasteiger charge is -2.33. The van der Waals surface area contributed by atoms with E-state index in [4.69, 9.17) is 10.5 Å². The first kappa shape index (κ1) is 12.9. The number of nitrogens with two attached hydrogens (primary N) is 1. The number of β-amino-alcohol motifs (C(OH)–C–C–N with tert-alkyl or cyclic N) is 1. The molecule has 0 saturated carbocycles. The van der Waals surface area contributed by atoms with Crippen molar-refractivity contribution in [2.45, 2.75) is 25.2 Å². The zero-order valence-electron chi connectivity index (χ0n) is 10.2. The molecule has 0 aliphatic carbocycles. The summed E-state index contributed by atoms with van der Waals surface area (Å²) in [5, 5.41) is 9.55. The molecule has 0 spiro atoms. The molecule has 18 heavy (non-hydrogen) atoms. The summed E-state index contributed by atoms with van der Waals surface area (Å²) in [6.07, 6.45) is -0.450. The molecule has 1 saturated heterocycles. The number of aliphatic hydroxyl groups excluding tert-OH is 1. The molecule has 1 amide bonds. The zero-order chi connectivity index (χ0) is 13.0. The van der Waals surface area contributed by atoms with E-state index in [1.165, 1.54) is 4.90 Å². The maximum absolute atomic E-state index is 11.8. The first-order valence-corrected chi connectivity index (χ1v) is 6.04. The molecule has 98 valence electrons. The zero-order valence-corrected chi connectivity index (χ0v) is 10.2. The number of rotatable bonds is 2. The van der Waals surface area contributed by atoms with Crippen molar-refractivity contribution in [2.24, 2.45) is 5.73 Å². The van der Waals surface area contributed by atoms with Gasteiger partial charge in [0.2, 0.25) is 0 Å². The van der Waals surface area contributed by atoms with Crippen molar-refractivity contribution in [3.63, 3.8) is 0 Å². The third-order valence-corrected chi connectivity index (χ3v) is 2.92. The largest absolute Gasteiger partial charge is 0.445 e. The highest BCUT2D eigenvalue weighted by Gasteiger charge is 2.27. The van der Waals surface area contributed by atoms with Crippen LogP contribution in [0.15, 0.2) is 30.3 Å². The quantitative estimate of drug-likeness (QED) is 0.811. The number of ether oxygens (including phenoxy) is 1. The average molecular weight is 250 g/mol. The summed E-state index contributed by atoms with van der Waals surface area (Å²) in [5.41, 5.74) is 6.69. The summed E-state index contributed by atoms with van der Waals surface area (Å²) < 4.78 is 5.18. The Morgan fingerprint density at radius 1 is 1.39 bits per heavy atom. The summed E-state index contributed by atoms with van der Waals surface area (Å²) >= 11 is 0. The predicted octanol–water partition coefficient (Wildman–Crippen LogP) is 0.717. The van der Waals surface area contributed by atoms with Crippen LogP contribution in [0.1, 0.15) is 12.0 Å². The minimum atomic E-state index is -0.557. The molecule has 5 heteroatoms. The average Bonchev–Trinajstić information content (AvgIpc) is 2.36. The Morgan fingerprint density at radius 2 is 2.11 bits per heavy atom. The van der Waals surface area contributed by atoms with E-state index in [-0.39, 0.29) is 12.6 Å². The van der Waals surface area contributed by atoms with Crippen molar-refractivity contribution in [1.29, 1.82) is 0 Å². The molecule has 1 aliphatic heterocycles. The van der Waals surface area contributed by atoms with Gasteiger partial charge in [-0.1, -0.05) is 30.3 Å². The summed E-state index contributed by atoms with van der Waals surface area (Å²) in [6.45, 7) is 0.966. The van der Waals surface area contributed by atoms with E-state index in [0.717, 1.165) is 5.56 Å². The van der Waals surface area contributed by atoms with Gasteiger partial charge in [-0.15, -0.1) is 0 Å². The van der Waals surface area contributed by atoms with Crippen LogP contribution in [-0.2, 0) is 11.3 Å². The standard InChI is InChI=1S/C13H18N2O3/c14-11-6-12(16)8-15(7-11)13(17)18-9-10-4-2-1-3-5-10/h1-5,11-12,16H,6-9,14H2/t11-,12-/m1/s1. The van der Waals surface area contributed by atoms with E-state index in [0.29, 0.717) is 19.5 Å². The van der Waals surface area contributed by atoms with Gasteiger partial charge in [0.1, 0.15) is 6.61 Å². The molecule has 2 atom stereocenters. The van der Waals surface area contributed by atoms with Gasteiger partial charge in [0.25, 0.3) is 0 Å². The van der Waals surface area contributed by atoms with Crippen LogP contribution < -0.4 is 5.73 Å². The molecule has 1 heterocycles. The Kier molecular flexibility index (Phi) is 4.17. The molecule has 1 aliphatic rings. The number of carbonyl (C=O) groups is 1. The topological polar surface area (TPSA) is 75.8 Å². The van der Waals surface area contributed by atoms with Crippen molar-refractivity contribution >= 4 is 6.09 Å². The maximum atomic E-state index is 11.8. The van der Waals surface area contributed by atoms with Crippen LogP contribution in [0.5, 0.6) is 0 Å². The van der Waals surface area contributed by atoms with Crippen molar-refractivity contribution in [3.05, 3.63) is 35.9 Å². The number of benzene rings is 1. The van der Waals surface area contributed by atoms with Crippen LogP contribution in [-0.4, -0.2) is 41.3 Å². The van der Waals surface area contributed by atoms with E-state index < -0.39 is 12.2 Å². The van der Waals surface area contributed by atoms with Crippen LogP contribution in [0.4, 0.5) is 4.79 Å². The predicted molar refractivity (Wildman–Crippen MR) is 66.8 cm³/mol. The molecule has 5 nitrogen and oxygen atoms in total. The van der Waals surface area contributed by atoms with Crippen LogP contribution in [0.25, 0.3) is 0 Å². The van der Waals surface area contributed by atoms with Crippen molar-refractivity contribution in [1.82, 2.24) is 4.90 Å². The molecular weight excluding hydrogens is 232 g/mol. The normalized spacial score (nSPS) is 23.8. The van der Waals surface area contributed by atoms with Gasteiger partial charge in [0, 0.05) is 12.6 Å². The monoisotopic (exact) mass is 250 g/mol. The van der Waals surface area contributed by atoms with Crippen molar-refractivity contribution < 1.29 is 14.6 Å². The van der Waals surface area contributed by atoms with Gasteiger partial charge in [-0.2, -0.15) is 0 Å². The lowest BCUT2D eigenvalue weighted by Crippen LogP contribution is -2.51. The molecular formula is C13H18N2O3. The van der Waals surface area contributed by atoms with Gasteiger partial charge in [-0.05, 0) is 12.0 Å². The first-order chi connectivity index (χ1) is 8.65. The van der Waals surface area contributed by atoms with E-state index in [1.54, 1.807) is 0 Å². The van der Waals surface area contributed by atoms with Crippen LogP contribution >= 0.6 is 0 Å². The Morgan fingerprint density at radius 3 is 2.78 bits per heavy atom. The Hall–Kier alpha value is -1.59. The van der Waals surface area contributed by atoms with Gasteiger partial charge in [-0.3, -0.25) is 0 Å². The Bertz CT molecular complexity index is 386. The summed E-state index contributed by atoms with van der Waals surface area (Å²) in [7, 11) is 0. The van der Waals surface area contributed by atoms with Gasteiger partial charge in [0.05, 0.1) is 12.6 Å². The number of hydrogen-bond donors (Lipinski definition) is 2. The molecule has 1 fully saturated rings. The molecule has 2 rings (SSSR count). The maximum Gasteiger partial charge on any atom is 0.410 e. The summed E-state index contributed by atoms with van der Waals surface area (Å²) in [5.74, 6) is 0. The molecule has 1 aromatic carbocycles. The van der Waals surface area contributed by atoms with Gasteiger partial charge in [-0.25, -0.2) is 4.79 Å². The molecule has 0 aromatic heterocycles. The fraction of sp³-hybridized carbons (Fsp3) is 0.462. The molecule has 1 aromatic rings. The van der Waals surface area contributed by atoms with E-state index >= 15 is 0 Å². The van der Waals surface area contributed by atoms with Gasteiger partial charge >= 0.3 is 6.09 Å². The SMILES string of the molecule is N[C@@H]1C[C@@H](O)CN(C(=O)OCc2ccccc2)C1. The highest BCUT2D eigenvalue weighted by Crippen LogP contribution is 2.11. The van der Waals surface area contributed by atoms with Crippen LogP contribution in [0.3, 0.4) is 0 Å². The second-order valence-corrected chi connectivity index (χ2v) is 4.59. The summed E-state index contributed by atoms with van der Waals surface area (Å²) in [4.78, 5) is 13.3. The number of amides is 1. The summed E-state index contributed by atoms with van der Waals surface area (Å²) in [6, 6.07) is 9.30. The third-order valence-electron chi connectivity index (χ3n) is 2.92. The number of piperidine rings is 1. The number of likely N-dealkylation sites (tertiary alicyclic amines) is 1. The Labute approximate surface area is 106 Å². The first-order valence-electron chi connectivity index (χ1n) is 6.04. The van der Waals surface area contributed by atoms with Gasteiger partial charge < -0.3 is 20.5 Å². The van der Waals surface area contributed by atoms with Crippen LogP contribution in [0, 0.1) is 0 Å². The second-order valence-electron chi connectivity index (χ2n) is 4.59. The van der Waals surface area contributed by atoms with Gasteiger partial charge in [0.15, 0.2) is 0 Å². The van der Waals surface area contributed by atoms with E-state index in [2.05, 4.69) is 0 Å². The molecule has 0 bridgehead atoms. The Balaban J connectivity index is 1.84. The minimum absolute atomic E-state index is 0.182. The number of nitrogens with zero attached hydrogens (tertiary/aromatic N) is 1. The molecule has 0 radical (unpaired) electrons. The minimum Gasteiger partial charge on any atom is -0.445 e. The number of hydrogen-bond acceptors (Lipinski definition) is 4. The fourth-order valence-corrected chi connectivity index (χ4v) is 2.07. The number of aliphatic hydroxyl groups is 1.